The van der Waals surface area contributed by atoms with E-state index in [4.69, 9.17) is 4.74 Å². The van der Waals surface area contributed by atoms with E-state index in [1.807, 2.05) is 31.3 Å². The SMILES string of the molecule is COc1ccc2c(c1)/C(=C/C(=O)c1ccc(N(C)C(=O)C3CCCCC3)cc1)NC(C)(C)C2. The lowest BCUT2D eigenvalue weighted by molar-refractivity contribution is -0.123. The molecule has 1 N–H and O–H groups in total. The highest BCUT2D eigenvalue weighted by atomic mass is 16.5. The second-order valence-electron chi connectivity index (χ2n) is 9.91. The molecule has 0 bridgehead atoms. The van der Waals surface area contributed by atoms with Crippen LogP contribution in [-0.2, 0) is 11.2 Å². The van der Waals surface area contributed by atoms with E-state index in [9.17, 15) is 9.59 Å². The summed E-state index contributed by atoms with van der Waals surface area (Å²) in [5, 5.41) is 3.51. The first kappa shape index (κ1) is 23.1. The van der Waals surface area contributed by atoms with E-state index in [0.29, 0.717) is 5.56 Å². The molecule has 5 heteroatoms. The molecule has 174 valence electrons. The molecule has 2 aromatic carbocycles. The number of ether oxygens (including phenoxy) is 1. The summed E-state index contributed by atoms with van der Waals surface area (Å²) in [7, 11) is 3.47. The highest BCUT2D eigenvalue weighted by molar-refractivity contribution is 6.09. The third-order valence-electron chi connectivity index (χ3n) is 6.81. The van der Waals surface area contributed by atoms with Crippen LogP contribution in [0, 0.1) is 5.92 Å². The molecular formula is C28H34N2O3. The number of rotatable bonds is 5. The summed E-state index contributed by atoms with van der Waals surface area (Å²) in [5.74, 6) is 0.989. The summed E-state index contributed by atoms with van der Waals surface area (Å²) in [6.45, 7) is 4.26. The molecule has 2 aliphatic rings. The van der Waals surface area contributed by atoms with Crippen LogP contribution in [0.5, 0.6) is 5.75 Å². The lowest BCUT2D eigenvalue weighted by atomic mass is 9.85. The van der Waals surface area contributed by atoms with Gasteiger partial charge in [0.15, 0.2) is 5.78 Å². The normalized spacial score (nSPS) is 18.8. The van der Waals surface area contributed by atoms with E-state index in [1.54, 1.807) is 30.2 Å². The molecule has 0 saturated heterocycles. The van der Waals surface area contributed by atoms with Gasteiger partial charge in [-0.3, -0.25) is 9.59 Å². The molecular weight excluding hydrogens is 412 g/mol. The molecule has 1 amide bonds. The van der Waals surface area contributed by atoms with Crippen molar-refractivity contribution >= 4 is 23.1 Å². The van der Waals surface area contributed by atoms with E-state index in [0.717, 1.165) is 54.8 Å². The number of hydrogen-bond donors (Lipinski definition) is 1. The van der Waals surface area contributed by atoms with Gasteiger partial charge in [0.25, 0.3) is 0 Å². The van der Waals surface area contributed by atoms with Gasteiger partial charge in [-0.2, -0.15) is 0 Å². The molecule has 1 heterocycles. The number of methoxy groups -OCH3 is 1. The molecule has 0 atom stereocenters. The number of allylic oxidation sites excluding steroid dienone is 1. The third-order valence-corrected chi connectivity index (χ3v) is 6.81. The topological polar surface area (TPSA) is 58.6 Å². The van der Waals surface area contributed by atoms with Crippen LogP contribution >= 0.6 is 0 Å². The number of amides is 1. The Morgan fingerprint density at radius 3 is 2.42 bits per heavy atom. The molecule has 1 fully saturated rings. The number of carbonyl (C=O) groups excluding carboxylic acids is 2. The van der Waals surface area contributed by atoms with E-state index in [2.05, 4.69) is 25.2 Å². The van der Waals surface area contributed by atoms with Crippen LogP contribution in [0.2, 0.25) is 0 Å². The minimum atomic E-state index is -0.153. The van der Waals surface area contributed by atoms with Crippen LogP contribution in [0.3, 0.4) is 0 Å². The van der Waals surface area contributed by atoms with Crippen LogP contribution in [0.4, 0.5) is 5.69 Å². The van der Waals surface area contributed by atoms with Gasteiger partial charge in [-0.25, -0.2) is 0 Å². The van der Waals surface area contributed by atoms with Crippen LogP contribution in [0.15, 0.2) is 48.5 Å². The predicted molar refractivity (Wildman–Crippen MR) is 133 cm³/mol. The van der Waals surface area contributed by atoms with E-state index in [-0.39, 0.29) is 23.1 Å². The first-order valence-electron chi connectivity index (χ1n) is 11.9. The Balaban J connectivity index is 1.54. The summed E-state index contributed by atoms with van der Waals surface area (Å²) >= 11 is 0. The monoisotopic (exact) mass is 446 g/mol. The van der Waals surface area contributed by atoms with Gasteiger partial charge in [0.2, 0.25) is 5.91 Å². The number of benzene rings is 2. The van der Waals surface area contributed by atoms with Crippen LogP contribution in [-0.4, -0.2) is 31.4 Å². The number of hydrogen-bond acceptors (Lipinski definition) is 4. The van der Waals surface area contributed by atoms with Gasteiger partial charge < -0.3 is 15.0 Å². The number of fused-ring (bicyclic) bond motifs is 1. The number of ketones is 1. The number of nitrogens with one attached hydrogen (secondary N) is 1. The van der Waals surface area contributed by atoms with Gasteiger partial charge in [0.1, 0.15) is 5.75 Å². The lowest BCUT2D eigenvalue weighted by Crippen LogP contribution is -2.43. The Labute approximate surface area is 196 Å². The fourth-order valence-electron chi connectivity index (χ4n) is 4.97. The Morgan fingerprint density at radius 1 is 1.06 bits per heavy atom. The maximum absolute atomic E-state index is 13.1. The largest absolute Gasteiger partial charge is 0.497 e. The second kappa shape index (κ2) is 9.42. The van der Waals surface area contributed by atoms with Gasteiger partial charge >= 0.3 is 0 Å². The molecule has 1 aliphatic heterocycles. The average Bonchev–Trinajstić information content (AvgIpc) is 2.83. The molecule has 1 saturated carbocycles. The van der Waals surface area contributed by atoms with Crippen molar-refractivity contribution in [2.24, 2.45) is 5.92 Å². The molecule has 33 heavy (non-hydrogen) atoms. The van der Waals surface area contributed by atoms with Crippen molar-refractivity contribution in [3.05, 3.63) is 65.2 Å². The van der Waals surface area contributed by atoms with Crippen molar-refractivity contribution in [2.75, 3.05) is 19.1 Å². The van der Waals surface area contributed by atoms with Crippen molar-refractivity contribution < 1.29 is 14.3 Å². The fraction of sp³-hybridized carbons (Fsp3) is 0.429. The Morgan fingerprint density at radius 2 is 1.76 bits per heavy atom. The van der Waals surface area contributed by atoms with Crippen molar-refractivity contribution in [3.63, 3.8) is 0 Å². The summed E-state index contributed by atoms with van der Waals surface area (Å²) in [6.07, 6.45) is 7.98. The van der Waals surface area contributed by atoms with Gasteiger partial charge in [-0.05, 0) is 75.1 Å². The maximum Gasteiger partial charge on any atom is 0.229 e. The Bertz CT molecular complexity index is 1060. The minimum Gasteiger partial charge on any atom is -0.497 e. The first-order chi connectivity index (χ1) is 15.8. The van der Waals surface area contributed by atoms with E-state index in [1.165, 1.54) is 12.0 Å². The smallest absolute Gasteiger partial charge is 0.229 e. The summed E-state index contributed by atoms with van der Waals surface area (Å²) in [5.41, 5.74) is 4.26. The molecule has 1 aliphatic carbocycles. The zero-order chi connectivity index (χ0) is 23.6. The molecule has 0 aromatic heterocycles. The number of nitrogens with zero attached hydrogens (tertiary/aromatic N) is 1. The quantitative estimate of drug-likeness (QED) is 0.494. The van der Waals surface area contributed by atoms with E-state index < -0.39 is 0 Å². The predicted octanol–water partition coefficient (Wildman–Crippen LogP) is 5.39. The average molecular weight is 447 g/mol. The highest BCUT2D eigenvalue weighted by Gasteiger charge is 2.29. The minimum absolute atomic E-state index is 0.0724. The van der Waals surface area contributed by atoms with Crippen molar-refractivity contribution in [3.8, 4) is 5.75 Å². The molecule has 5 nitrogen and oxygen atoms in total. The zero-order valence-electron chi connectivity index (χ0n) is 20.1. The molecule has 4 rings (SSSR count). The van der Waals surface area contributed by atoms with Crippen LogP contribution in [0.1, 0.15) is 67.4 Å². The lowest BCUT2D eigenvalue weighted by Gasteiger charge is -2.35. The van der Waals surface area contributed by atoms with E-state index >= 15 is 0 Å². The summed E-state index contributed by atoms with van der Waals surface area (Å²) in [4.78, 5) is 27.7. The van der Waals surface area contributed by atoms with Gasteiger partial charge in [-0.1, -0.05) is 25.3 Å². The maximum atomic E-state index is 13.1. The van der Waals surface area contributed by atoms with Gasteiger partial charge in [-0.15, -0.1) is 0 Å². The zero-order valence-corrected chi connectivity index (χ0v) is 20.1. The third kappa shape index (κ3) is 5.13. The Kier molecular flexibility index (Phi) is 6.59. The second-order valence-corrected chi connectivity index (χ2v) is 9.91. The van der Waals surface area contributed by atoms with Crippen LogP contribution < -0.4 is 15.0 Å². The number of anilines is 1. The van der Waals surface area contributed by atoms with Crippen molar-refractivity contribution in [1.29, 1.82) is 0 Å². The highest BCUT2D eigenvalue weighted by Crippen LogP contribution is 2.33. The molecule has 0 radical (unpaired) electrons. The first-order valence-corrected chi connectivity index (χ1v) is 11.9. The van der Waals surface area contributed by atoms with Gasteiger partial charge in [0.05, 0.1) is 7.11 Å². The van der Waals surface area contributed by atoms with Crippen LogP contribution in [0.25, 0.3) is 5.70 Å². The molecule has 0 spiro atoms. The van der Waals surface area contributed by atoms with Crippen molar-refractivity contribution in [2.45, 2.75) is 57.9 Å². The Hall–Kier alpha value is -3.08. The van der Waals surface area contributed by atoms with Gasteiger partial charge in [0, 0.05) is 47.1 Å². The standard InChI is InChI=1S/C28H34N2O3/c1-28(2)18-21-12-15-23(33-4)16-24(21)25(29-28)17-26(31)19-10-13-22(14-11-19)30(3)27(32)20-8-6-5-7-9-20/h10-17,20,29H,5-9,18H2,1-4H3/b25-17-. The molecule has 0 unspecified atom stereocenters. The fourth-order valence-corrected chi connectivity index (χ4v) is 4.97. The summed E-state index contributed by atoms with van der Waals surface area (Å²) in [6, 6.07) is 13.3. The van der Waals surface area contributed by atoms with Crippen molar-refractivity contribution in [1.82, 2.24) is 5.32 Å². The number of carbonyl (C=O) groups is 2. The summed E-state index contributed by atoms with van der Waals surface area (Å²) < 4.78 is 5.40. The molecule has 2 aromatic rings.